The summed E-state index contributed by atoms with van der Waals surface area (Å²) in [5, 5.41) is 2.98. The topological polar surface area (TPSA) is 32.3 Å². The van der Waals surface area contributed by atoms with Crippen molar-refractivity contribution in [3.8, 4) is 0 Å². The highest BCUT2D eigenvalue weighted by Crippen LogP contribution is 2.19. The van der Waals surface area contributed by atoms with Crippen LogP contribution in [-0.4, -0.2) is 19.5 Å². The molecule has 0 aliphatic heterocycles. The maximum Gasteiger partial charge on any atom is 0.224 e. The first-order valence-electron chi connectivity index (χ1n) is 7.17. The van der Waals surface area contributed by atoms with Gasteiger partial charge in [-0.3, -0.25) is 4.79 Å². The lowest BCUT2D eigenvalue weighted by Gasteiger charge is -2.18. The Morgan fingerprint density at radius 3 is 2.74 bits per heavy atom. The highest BCUT2D eigenvalue weighted by Gasteiger charge is 2.09. The molecule has 106 valence electrons. The smallest absolute Gasteiger partial charge is 0.224 e. The Bertz CT molecular complexity index is 403. The molecule has 0 spiro atoms. The zero-order valence-corrected chi connectivity index (χ0v) is 12.6. The molecule has 1 unspecified atom stereocenters. The zero-order valence-electron chi connectivity index (χ0n) is 12.6. The maximum atomic E-state index is 11.9. The molecule has 0 saturated carbocycles. The summed E-state index contributed by atoms with van der Waals surface area (Å²) in [6.45, 7) is 7.34. The van der Waals surface area contributed by atoms with Crippen molar-refractivity contribution in [2.75, 3.05) is 23.8 Å². The van der Waals surface area contributed by atoms with Gasteiger partial charge in [-0.05, 0) is 31.0 Å². The van der Waals surface area contributed by atoms with Crippen LogP contribution in [0.25, 0.3) is 0 Å². The molecule has 0 radical (unpaired) electrons. The number of nitrogens with one attached hydrogen (secondary N) is 1. The van der Waals surface area contributed by atoms with Crippen molar-refractivity contribution in [1.29, 1.82) is 0 Å². The van der Waals surface area contributed by atoms with Crippen molar-refractivity contribution < 1.29 is 4.79 Å². The van der Waals surface area contributed by atoms with Gasteiger partial charge in [-0.15, -0.1) is 0 Å². The van der Waals surface area contributed by atoms with Crippen LogP contribution in [0.2, 0.25) is 0 Å². The van der Waals surface area contributed by atoms with Gasteiger partial charge in [-0.1, -0.05) is 32.8 Å². The van der Waals surface area contributed by atoms with E-state index in [4.69, 9.17) is 0 Å². The van der Waals surface area contributed by atoms with Gasteiger partial charge in [0.2, 0.25) is 5.91 Å². The fraction of sp³-hybridized carbons (Fsp3) is 0.562. The summed E-state index contributed by atoms with van der Waals surface area (Å²) < 4.78 is 0. The van der Waals surface area contributed by atoms with Gasteiger partial charge in [0, 0.05) is 31.4 Å². The van der Waals surface area contributed by atoms with Crippen LogP contribution in [0.4, 0.5) is 11.4 Å². The van der Waals surface area contributed by atoms with E-state index in [1.54, 1.807) is 0 Å². The Morgan fingerprint density at radius 1 is 1.37 bits per heavy atom. The number of benzene rings is 1. The van der Waals surface area contributed by atoms with Gasteiger partial charge >= 0.3 is 0 Å². The Morgan fingerprint density at radius 2 is 2.11 bits per heavy atom. The fourth-order valence-electron chi connectivity index (χ4n) is 2.13. The molecule has 0 fully saturated rings. The lowest BCUT2D eigenvalue weighted by molar-refractivity contribution is -0.117. The summed E-state index contributed by atoms with van der Waals surface area (Å²) in [6, 6.07) is 7.99. The van der Waals surface area contributed by atoms with E-state index in [2.05, 4.69) is 37.1 Å². The molecule has 0 heterocycles. The third-order valence-corrected chi connectivity index (χ3v) is 3.36. The highest BCUT2D eigenvalue weighted by atomic mass is 16.1. The highest BCUT2D eigenvalue weighted by molar-refractivity contribution is 5.91. The van der Waals surface area contributed by atoms with E-state index < -0.39 is 0 Å². The third-order valence-electron chi connectivity index (χ3n) is 3.36. The molecule has 1 amide bonds. The van der Waals surface area contributed by atoms with E-state index in [-0.39, 0.29) is 5.91 Å². The van der Waals surface area contributed by atoms with Crippen LogP contribution < -0.4 is 10.2 Å². The van der Waals surface area contributed by atoms with Crippen molar-refractivity contribution in [2.24, 2.45) is 5.92 Å². The molecular formula is C16H26N2O. The zero-order chi connectivity index (χ0) is 14.3. The van der Waals surface area contributed by atoms with Crippen molar-refractivity contribution in [3.05, 3.63) is 24.3 Å². The molecule has 3 nitrogen and oxygen atoms in total. The second kappa shape index (κ2) is 7.82. The summed E-state index contributed by atoms with van der Waals surface area (Å²) in [7, 11) is 2.05. The first kappa shape index (κ1) is 15.5. The summed E-state index contributed by atoms with van der Waals surface area (Å²) in [4.78, 5) is 14.1. The average molecular weight is 262 g/mol. The Balaban J connectivity index is 2.59. The molecule has 1 rings (SSSR count). The van der Waals surface area contributed by atoms with E-state index in [9.17, 15) is 4.79 Å². The first-order valence-corrected chi connectivity index (χ1v) is 7.17. The van der Waals surface area contributed by atoms with Gasteiger partial charge in [0.05, 0.1) is 0 Å². The van der Waals surface area contributed by atoms with Crippen LogP contribution in [0.3, 0.4) is 0 Å². The molecule has 1 N–H and O–H groups in total. The normalized spacial score (nSPS) is 12.0. The molecule has 1 atom stereocenters. The molecule has 0 saturated heterocycles. The summed E-state index contributed by atoms with van der Waals surface area (Å²) >= 11 is 0. The van der Waals surface area contributed by atoms with Crippen LogP contribution in [0.5, 0.6) is 0 Å². The first-order chi connectivity index (χ1) is 9.06. The number of anilines is 2. The van der Waals surface area contributed by atoms with Crippen LogP contribution >= 0.6 is 0 Å². The number of carbonyl (C=O) groups is 1. The third kappa shape index (κ3) is 5.33. The van der Waals surface area contributed by atoms with Crippen LogP contribution in [0, 0.1) is 5.92 Å². The Kier molecular flexibility index (Phi) is 6.40. The van der Waals surface area contributed by atoms with Crippen molar-refractivity contribution in [3.63, 3.8) is 0 Å². The number of amides is 1. The summed E-state index contributed by atoms with van der Waals surface area (Å²) in [5.74, 6) is 0.559. The number of hydrogen-bond acceptors (Lipinski definition) is 2. The predicted octanol–water partition coefficient (Wildman–Crippen LogP) is 3.91. The van der Waals surface area contributed by atoms with Crippen LogP contribution in [-0.2, 0) is 4.79 Å². The number of rotatable bonds is 7. The minimum absolute atomic E-state index is 0.109. The number of hydrogen-bond donors (Lipinski definition) is 1. The lowest BCUT2D eigenvalue weighted by atomic mass is 10.0. The van der Waals surface area contributed by atoms with Gasteiger partial charge in [-0.2, -0.15) is 0 Å². The van der Waals surface area contributed by atoms with Crippen LogP contribution in [0.1, 0.15) is 40.0 Å². The monoisotopic (exact) mass is 262 g/mol. The SMILES string of the molecule is CCCC(C)CC(=O)Nc1cccc(N(C)CC)c1. The van der Waals surface area contributed by atoms with Gasteiger partial charge in [0.1, 0.15) is 0 Å². The van der Waals surface area contributed by atoms with Gasteiger partial charge in [0.15, 0.2) is 0 Å². The molecule has 0 bridgehead atoms. The molecule has 1 aromatic carbocycles. The fourth-order valence-corrected chi connectivity index (χ4v) is 2.13. The average Bonchev–Trinajstić information content (AvgIpc) is 2.38. The van der Waals surface area contributed by atoms with E-state index in [1.807, 2.05) is 25.2 Å². The Labute approximate surface area is 117 Å². The minimum atomic E-state index is 0.109. The predicted molar refractivity (Wildman–Crippen MR) is 82.7 cm³/mol. The van der Waals surface area contributed by atoms with E-state index >= 15 is 0 Å². The second-order valence-electron chi connectivity index (χ2n) is 5.21. The molecule has 0 aliphatic carbocycles. The van der Waals surface area contributed by atoms with E-state index in [0.29, 0.717) is 12.3 Å². The van der Waals surface area contributed by atoms with Crippen molar-refractivity contribution >= 4 is 17.3 Å². The van der Waals surface area contributed by atoms with Crippen molar-refractivity contribution in [1.82, 2.24) is 0 Å². The largest absolute Gasteiger partial charge is 0.375 e. The second-order valence-corrected chi connectivity index (χ2v) is 5.21. The lowest BCUT2D eigenvalue weighted by Crippen LogP contribution is -2.17. The molecule has 0 aliphatic rings. The molecule has 0 aromatic heterocycles. The molecule has 19 heavy (non-hydrogen) atoms. The standard InChI is InChI=1S/C16H26N2O/c1-5-8-13(3)11-16(19)17-14-9-7-10-15(12-14)18(4)6-2/h7,9-10,12-13H,5-6,8,11H2,1-4H3,(H,17,19). The van der Waals surface area contributed by atoms with Gasteiger partial charge in [-0.25, -0.2) is 0 Å². The van der Waals surface area contributed by atoms with Gasteiger partial charge < -0.3 is 10.2 Å². The van der Waals surface area contributed by atoms with Crippen molar-refractivity contribution in [2.45, 2.75) is 40.0 Å². The van der Waals surface area contributed by atoms with E-state index in [0.717, 1.165) is 30.8 Å². The summed E-state index contributed by atoms with van der Waals surface area (Å²) in [5.41, 5.74) is 2.01. The molecule has 3 heteroatoms. The minimum Gasteiger partial charge on any atom is -0.375 e. The number of carbonyl (C=O) groups excluding carboxylic acids is 1. The maximum absolute atomic E-state index is 11.9. The summed E-state index contributed by atoms with van der Waals surface area (Å²) in [6.07, 6.45) is 2.83. The molecular weight excluding hydrogens is 236 g/mol. The number of nitrogens with zero attached hydrogens (tertiary/aromatic N) is 1. The quantitative estimate of drug-likeness (QED) is 0.808. The molecule has 1 aromatic rings. The Hall–Kier alpha value is -1.51. The van der Waals surface area contributed by atoms with E-state index in [1.165, 1.54) is 0 Å². The van der Waals surface area contributed by atoms with Gasteiger partial charge in [0.25, 0.3) is 0 Å². The van der Waals surface area contributed by atoms with Crippen LogP contribution in [0.15, 0.2) is 24.3 Å².